The SMILES string of the molecule is COc1ccccc1COCCC(C)(Cl)C(=O)OBr. The lowest BCUT2D eigenvalue weighted by atomic mass is 10.1. The van der Waals surface area contributed by atoms with Gasteiger partial charge in [-0.1, -0.05) is 18.2 Å². The molecule has 0 heterocycles. The molecule has 1 rings (SSSR count). The Bertz CT molecular complexity index is 423. The zero-order valence-corrected chi connectivity index (χ0v) is 13.2. The van der Waals surface area contributed by atoms with Crippen LogP contribution in [0.3, 0.4) is 0 Å². The topological polar surface area (TPSA) is 44.8 Å². The van der Waals surface area contributed by atoms with Crippen molar-refractivity contribution < 1.29 is 18.1 Å². The minimum atomic E-state index is -1.09. The van der Waals surface area contributed by atoms with Gasteiger partial charge in [0.2, 0.25) is 0 Å². The summed E-state index contributed by atoms with van der Waals surface area (Å²) < 4.78 is 15.2. The molecular weight excluding hydrogens is 335 g/mol. The Hall–Kier alpha value is -0.780. The van der Waals surface area contributed by atoms with E-state index in [-0.39, 0.29) is 0 Å². The highest BCUT2D eigenvalue weighted by atomic mass is 79.9. The third-order valence-electron chi connectivity index (χ3n) is 2.66. The van der Waals surface area contributed by atoms with Crippen LogP contribution in [0.1, 0.15) is 18.9 Å². The molecule has 4 nitrogen and oxygen atoms in total. The highest BCUT2D eigenvalue weighted by molar-refractivity contribution is 9.06. The normalized spacial score (nSPS) is 13.7. The minimum absolute atomic E-state index is 0.347. The molecule has 0 amide bonds. The molecule has 106 valence electrons. The molecule has 0 aliphatic rings. The lowest BCUT2D eigenvalue weighted by Gasteiger charge is -2.17. The van der Waals surface area contributed by atoms with Crippen LogP contribution >= 0.6 is 27.9 Å². The Morgan fingerprint density at radius 2 is 2.11 bits per heavy atom. The number of halogens is 2. The van der Waals surface area contributed by atoms with Crippen LogP contribution in [0.2, 0.25) is 0 Å². The molecule has 0 bridgehead atoms. The molecule has 0 aliphatic carbocycles. The summed E-state index contributed by atoms with van der Waals surface area (Å²) in [4.78, 5) is 10.2. The number of ether oxygens (including phenoxy) is 2. The van der Waals surface area contributed by atoms with E-state index in [9.17, 15) is 4.79 Å². The number of rotatable bonds is 7. The third-order valence-corrected chi connectivity index (χ3v) is 3.30. The second-order valence-electron chi connectivity index (χ2n) is 4.18. The van der Waals surface area contributed by atoms with E-state index >= 15 is 0 Å². The van der Waals surface area contributed by atoms with Crippen molar-refractivity contribution in [3.8, 4) is 5.75 Å². The molecule has 0 aliphatic heterocycles. The molecule has 0 fully saturated rings. The smallest absolute Gasteiger partial charge is 0.338 e. The van der Waals surface area contributed by atoms with E-state index in [1.165, 1.54) is 0 Å². The number of benzene rings is 1. The van der Waals surface area contributed by atoms with E-state index in [0.29, 0.717) is 19.6 Å². The summed E-state index contributed by atoms with van der Waals surface area (Å²) in [5.41, 5.74) is 0.948. The summed E-state index contributed by atoms with van der Waals surface area (Å²) in [7, 11) is 1.61. The summed E-state index contributed by atoms with van der Waals surface area (Å²) >= 11 is 8.64. The van der Waals surface area contributed by atoms with Gasteiger partial charge in [0.05, 0.1) is 13.7 Å². The Morgan fingerprint density at radius 1 is 1.42 bits per heavy atom. The largest absolute Gasteiger partial charge is 0.496 e. The molecular formula is C13H16BrClO4. The molecule has 0 spiro atoms. The van der Waals surface area contributed by atoms with Gasteiger partial charge in [0, 0.05) is 18.6 Å². The molecule has 0 saturated heterocycles. The average molecular weight is 352 g/mol. The van der Waals surface area contributed by atoms with E-state index < -0.39 is 10.8 Å². The maximum atomic E-state index is 11.3. The number of methoxy groups -OCH3 is 1. The van der Waals surface area contributed by atoms with Gasteiger partial charge < -0.3 is 13.3 Å². The minimum Gasteiger partial charge on any atom is -0.496 e. The Kier molecular flexibility index (Phi) is 6.62. The van der Waals surface area contributed by atoms with Crippen molar-refractivity contribution in [3.63, 3.8) is 0 Å². The second kappa shape index (κ2) is 7.72. The van der Waals surface area contributed by atoms with Crippen molar-refractivity contribution in [2.24, 2.45) is 0 Å². The summed E-state index contributed by atoms with van der Waals surface area (Å²) in [5.74, 6) is 0.242. The van der Waals surface area contributed by atoms with E-state index in [0.717, 1.165) is 11.3 Å². The van der Waals surface area contributed by atoms with Gasteiger partial charge in [0.25, 0.3) is 0 Å². The van der Waals surface area contributed by atoms with Crippen LogP contribution < -0.4 is 4.74 Å². The summed E-state index contributed by atoms with van der Waals surface area (Å²) in [6.07, 6.45) is 0.355. The first-order valence-corrected chi connectivity index (χ1v) is 6.75. The zero-order valence-electron chi connectivity index (χ0n) is 10.8. The third kappa shape index (κ3) is 5.01. The number of hydrogen-bond acceptors (Lipinski definition) is 4. The molecule has 19 heavy (non-hydrogen) atoms. The first-order valence-electron chi connectivity index (χ1n) is 5.73. The van der Waals surface area contributed by atoms with Gasteiger partial charge in [-0.2, -0.15) is 0 Å². The summed E-state index contributed by atoms with van der Waals surface area (Å²) in [5, 5.41) is 0. The van der Waals surface area contributed by atoms with Crippen molar-refractivity contribution in [2.45, 2.75) is 24.8 Å². The molecule has 0 radical (unpaired) electrons. The van der Waals surface area contributed by atoms with E-state index in [1.54, 1.807) is 14.0 Å². The van der Waals surface area contributed by atoms with Crippen LogP contribution in [0.4, 0.5) is 0 Å². The van der Waals surface area contributed by atoms with Gasteiger partial charge in [-0.25, -0.2) is 4.79 Å². The van der Waals surface area contributed by atoms with Crippen molar-refractivity contribution in [1.82, 2.24) is 0 Å². The van der Waals surface area contributed by atoms with E-state index in [2.05, 4.69) is 20.1 Å². The molecule has 0 aromatic heterocycles. The highest BCUT2D eigenvalue weighted by Crippen LogP contribution is 2.23. The van der Waals surface area contributed by atoms with Gasteiger partial charge in [-0.05, 0) is 13.0 Å². The van der Waals surface area contributed by atoms with Crippen LogP contribution in [0.5, 0.6) is 5.75 Å². The Labute approximate surface area is 126 Å². The number of alkyl halides is 1. The van der Waals surface area contributed by atoms with Crippen molar-refractivity contribution in [3.05, 3.63) is 29.8 Å². The van der Waals surface area contributed by atoms with Gasteiger partial charge in [-0.15, -0.1) is 11.6 Å². The molecule has 1 aromatic rings. The fourth-order valence-corrected chi connectivity index (χ4v) is 2.02. The molecule has 0 N–H and O–H groups in total. The first kappa shape index (κ1) is 16.3. The van der Waals surface area contributed by atoms with Crippen LogP contribution in [0.25, 0.3) is 0 Å². The van der Waals surface area contributed by atoms with Crippen LogP contribution in [-0.4, -0.2) is 24.6 Å². The van der Waals surface area contributed by atoms with Crippen LogP contribution in [-0.2, 0) is 20.0 Å². The van der Waals surface area contributed by atoms with E-state index in [4.69, 9.17) is 21.1 Å². The monoisotopic (exact) mass is 350 g/mol. The Morgan fingerprint density at radius 3 is 2.74 bits per heavy atom. The predicted molar refractivity (Wildman–Crippen MR) is 76.5 cm³/mol. The lowest BCUT2D eigenvalue weighted by molar-refractivity contribution is -0.135. The van der Waals surface area contributed by atoms with Crippen molar-refractivity contribution >= 4 is 33.8 Å². The molecule has 6 heteroatoms. The second-order valence-corrected chi connectivity index (χ2v) is 5.33. The number of carbonyl (C=O) groups excluding carboxylic acids is 1. The molecule has 1 unspecified atom stereocenters. The quantitative estimate of drug-likeness (QED) is 0.557. The van der Waals surface area contributed by atoms with Gasteiger partial charge >= 0.3 is 5.97 Å². The maximum absolute atomic E-state index is 11.3. The fourth-order valence-electron chi connectivity index (χ4n) is 1.45. The average Bonchev–Trinajstić information content (AvgIpc) is 2.43. The van der Waals surface area contributed by atoms with Crippen molar-refractivity contribution in [2.75, 3.05) is 13.7 Å². The maximum Gasteiger partial charge on any atom is 0.338 e. The zero-order chi connectivity index (χ0) is 14.3. The van der Waals surface area contributed by atoms with Gasteiger partial charge in [-0.3, -0.25) is 0 Å². The molecule has 1 aromatic carbocycles. The Balaban J connectivity index is 2.41. The lowest BCUT2D eigenvalue weighted by Crippen LogP contribution is -2.30. The van der Waals surface area contributed by atoms with Crippen LogP contribution in [0, 0.1) is 0 Å². The van der Waals surface area contributed by atoms with Crippen molar-refractivity contribution in [1.29, 1.82) is 0 Å². The van der Waals surface area contributed by atoms with E-state index in [1.807, 2.05) is 24.3 Å². The number of carbonyl (C=O) groups is 1. The summed E-state index contributed by atoms with van der Waals surface area (Å²) in [6, 6.07) is 7.59. The van der Waals surface area contributed by atoms with Crippen LogP contribution in [0.15, 0.2) is 24.3 Å². The number of hydrogen-bond donors (Lipinski definition) is 0. The summed E-state index contributed by atoms with van der Waals surface area (Å²) in [6.45, 7) is 2.34. The standard InChI is InChI=1S/C13H16BrClO4/c1-13(15,12(16)19-14)7-8-18-9-10-5-3-4-6-11(10)17-2/h3-6H,7-9H2,1-2H3. The molecule has 1 atom stereocenters. The fraction of sp³-hybridized carbons (Fsp3) is 0.462. The first-order chi connectivity index (χ1) is 9.01. The van der Waals surface area contributed by atoms with Gasteiger partial charge in [0.15, 0.2) is 16.3 Å². The molecule has 0 saturated carbocycles. The highest BCUT2D eigenvalue weighted by Gasteiger charge is 2.31. The predicted octanol–water partition coefficient (Wildman–Crippen LogP) is 3.45. The van der Waals surface area contributed by atoms with Gasteiger partial charge in [0.1, 0.15) is 10.6 Å². The number of para-hydroxylation sites is 1.